The number of carbonyl (C=O) groups excluding carboxylic acids is 1. The van der Waals surface area contributed by atoms with E-state index in [0.29, 0.717) is 17.1 Å². The number of ether oxygens (including phenoxy) is 5. The maximum absolute atomic E-state index is 18.1. The Morgan fingerprint density at radius 3 is 2.21 bits per heavy atom. The number of hydrogen-bond donors (Lipinski definition) is 1. The second kappa shape index (κ2) is 20.5. The minimum Gasteiger partial charge on any atom is -0.497 e. The predicted molar refractivity (Wildman–Crippen MR) is 260 cm³/mol. The van der Waals surface area contributed by atoms with Gasteiger partial charge in [-0.3, -0.25) is 10.2 Å². The van der Waals surface area contributed by atoms with Crippen molar-refractivity contribution in [1.29, 1.82) is 0 Å². The second-order valence-electron chi connectivity index (χ2n) is 18.5. The van der Waals surface area contributed by atoms with Gasteiger partial charge in [-0.15, -0.1) is 0 Å². The standard InChI is InChI=1S/C51H54ClF5N8O6/c1-28-22-37(64(24-30-11-15-34(67-7)16-12-30)25-31-13-17-35(68-8)18-14-31)59-43(40(28)51(55,56)57)38-41(52)45-39-44(42(38)54)60-48(70-27-33-23-32(53)26-63(33)6)62-47(39)65(20-21-69-45)29(2)36-10-9-19-58-46(36)61-49(66)71-50(3,4)5/h9-19,22,29,32-33H,20-21,23-27H2,1-8H3,(H,58,61,66)/t29-,32-,33+/m1/s1. The summed E-state index contributed by atoms with van der Waals surface area (Å²) in [7, 11) is 4.83. The molecule has 0 saturated carbocycles. The lowest BCUT2D eigenvalue weighted by molar-refractivity contribution is -0.137. The summed E-state index contributed by atoms with van der Waals surface area (Å²) in [5.74, 6) is 0.104. The van der Waals surface area contributed by atoms with Gasteiger partial charge in [-0.1, -0.05) is 41.9 Å². The van der Waals surface area contributed by atoms with Gasteiger partial charge in [0.05, 0.1) is 54.0 Å². The monoisotopic (exact) mass is 1000 g/mol. The Bertz CT molecular complexity index is 2860. The largest absolute Gasteiger partial charge is 0.497 e. The fourth-order valence-electron chi connectivity index (χ4n) is 8.86. The smallest absolute Gasteiger partial charge is 0.418 e. The zero-order valence-corrected chi connectivity index (χ0v) is 41.2. The summed E-state index contributed by atoms with van der Waals surface area (Å²) in [5.41, 5.74) is -2.18. The van der Waals surface area contributed by atoms with Crippen molar-refractivity contribution in [3.8, 4) is 34.5 Å². The molecular formula is C51H54ClF5N8O6. The van der Waals surface area contributed by atoms with Crippen molar-refractivity contribution in [3.05, 3.63) is 112 Å². The maximum atomic E-state index is 18.1. The lowest BCUT2D eigenvalue weighted by Crippen LogP contribution is -2.33. The molecule has 1 N–H and O–H groups in total. The average molecular weight is 1010 g/mol. The summed E-state index contributed by atoms with van der Waals surface area (Å²) in [6.07, 6.45) is -5.24. The number of amides is 1. The normalized spacial score (nSPS) is 16.6. The SMILES string of the molecule is COc1ccc(CN(Cc2ccc(OC)cc2)c2cc(C)c(C(F)(F)F)c(-c3c(Cl)c4c5c(nc(OC[C@@H]6C[C@@H](F)CN6C)nc5c3F)N([C@H](C)c3cccnc3NC(=O)OC(C)(C)C)CCO4)n2)cc1. The Morgan fingerprint density at radius 2 is 1.63 bits per heavy atom. The number of aryl methyl sites for hydroxylation is 1. The van der Waals surface area contributed by atoms with Gasteiger partial charge in [0.2, 0.25) is 0 Å². The van der Waals surface area contributed by atoms with E-state index in [4.69, 9.17) is 40.3 Å². The highest BCUT2D eigenvalue weighted by atomic mass is 35.5. The number of hydrogen-bond acceptors (Lipinski definition) is 13. The lowest BCUT2D eigenvalue weighted by atomic mass is 9.98. The number of likely N-dealkylation sites (tertiary alicyclic amines) is 1. The second-order valence-corrected chi connectivity index (χ2v) is 18.9. The highest BCUT2D eigenvalue weighted by Gasteiger charge is 2.41. The molecule has 0 spiro atoms. The van der Waals surface area contributed by atoms with Crippen molar-refractivity contribution >= 4 is 46.1 Å². The molecule has 3 aromatic carbocycles. The third kappa shape index (κ3) is 11.1. The van der Waals surface area contributed by atoms with Gasteiger partial charge in [-0.25, -0.2) is 23.5 Å². The highest BCUT2D eigenvalue weighted by molar-refractivity contribution is 6.36. The Balaban J connectivity index is 1.31. The molecule has 6 aromatic rings. The van der Waals surface area contributed by atoms with Gasteiger partial charge in [0.1, 0.15) is 59.5 Å². The number of nitrogens with one attached hydrogen (secondary N) is 1. The van der Waals surface area contributed by atoms with Crippen molar-refractivity contribution < 1.29 is 50.4 Å². The number of rotatable bonds is 14. The molecule has 14 nitrogen and oxygen atoms in total. The third-order valence-corrected chi connectivity index (χ3v) is 12.7. The number of carbonyl (C=O) groups is 1. The number of aromatic nitrogens is 4. The first-order valence-electron chi connectivity index (χ1n) is 22.9. The van der Waals surface area contributed by atoms with Gasteiger partial charge in [0.25, 0.3) is 0 Å². The topological polar surface area (TPSA) is 137 Å². The number of benzene rings is 3. The van der Waals surface area contributed by atoms with Gasteiger partial charge < -0.3 is 33.5 Å². The van der Waals surface area contributed by atoms with E-state index in [1.54, 1.807) is 100 Å². The summed E-state index contributed by atoms with van der Waals surface area (Å²) < 4.78 is 108. The fraction of sp³-hybridized carbons (Fsp3) is 0.392. The van der Waals surface area contributed by atoms with Gasteiger partial charge in [0.15, 0.2) is 11.6 Å². The van der Waals surface area contributed by atoms with E-state index in [-0.39, 0.29) is 92.0 Å². The minimum atomic E-state index is -5.05. The predicted octanol–water partition coefficient (Wildman–Crippen LogP) is 11.2. The summed E-state index contributed by atoms with van der Waals surface area (Å²) in [4.78, 5) is 36.7. The molecule has 1 amide bonds. The van der Waals surface area contributed by atoms with Crippen LogP contribution in [0, 0.1) is 12.7 Å². The number of methoxy groups -OCH3 is 2. The fourth-order valence-corrected chi connectivity index (χ4v) is 9.18. The number of pyridine rings is 2. The van der Waals surface area contributed by atoms with E-state index < -0.39 is 63.3 Å². The van der Waals surface area contributed by atoms with Crippen molar-refractivity contribution in [3.63, 3.8) is 0 Å². The Hall–Kier alpha value is -6.73. The van der Waals surface area contributed by atoms with Crippen LogP contribution in [0.4, 0.5) is 44.2 Å². The van der Waals surface area contributed by atoms with E-state index in [9.17, 15) is 9.18 Å². The molecule has 8 rings (SSSR count). The molecule has 5 heterocycles. The van der Waals surface area contributed by atoms with Crippen LogP contribution in [-0.2, 0) is 24.0 Å². The Kier molecular flexibility index (Phi) is 14.7. The van der Waals surface area contributed by atoms with Crippen LogP contribution in [0.1, 0.15) is 68.0 Å². The summed E-state index contributed by atoms with van der Waals surface area (Å²) >= 11 is 7.20. The van der Waals surface area contributed by atoms with Crippen molar-refractivity contribution in [2.75, 3.05) is 62.7 Å². The quantitative estimate of drug-likeness (QED) is 0.104. The van der Waals surface area contributed by atoms with Crippen LogP contribution in [-0.4, -0.2) is 96.3 Å². The number of halogens is 6. The van der Waals surface area contributed by atoms with Crippen LogP contribution in [0.2, 0.25) is 5.02 Å². The van der Waals surface area contributed by atoms with Crippen molar-refractivity contribution in [2.45, 2.75) is 84.2 Å². The Labute approximate surface area is 413 Å². The molecule has 0 bridgehead atoms. The number of alkyl halides is 4. The Morgan fingerprint density at radius 1 is 0.986 bits per heavy atom. The van der Waals surface area contributed by atoms with Crippen molar-refractivity contribution in [2.24, 2.45) is 0 Å². The molecule has 1 saturated heterocycles. The van der Waals surface area contributed by atoms with E-state index in [1.807, 2.05) is 24.3 Å². The zero-order valence-electron chi connectivity index (χ0n) is 40.5. The molecule has 0 unspecified atom stereocenters. The van der Waals surface area contributed by atoms with Gasteiger partial charge in [-0.2, -0.15) is 23.1 Å². The zero-order chi connectivity index (χ0) is 50.9. The molecule has 71 heavy (non-hydrogen) atoms. The van der Waals surface area contributed by atoms with Gasteiger partial charge >= 0.3 is 18.3 Å². The van der Waals surface area contributed by atoms with Gasteiger partial charge in [-0.05, 0) is 101 Å². The molecule has 3 atom stereocenters. The molecule has 376 valence electrons. The first-order chi connectivity index (χ1) is 33.7. The van der Waals surface area contributed by atoms with E-state index >= 15 is 17.6 Å². The first-order valence-corrected chi connectivity index (χ1v) is 23.2. The van der Waals surface area contributed by atoms with Crippen LogP contribution < -0.4 is 34.1 Å². The lowest BCUT2D eigenvalue weighted by Gasteiger charge is -2.31. The van der Waals surface area contributed by atoms with Crippen LogP contribution in [0.15, 0.2) is 72.9 Å². The summed E-state index contributed by atoms with van der Waals surface area (Å²) in [6, 6.07) is 17.7. The summed E-state index contributed by atoms with van der Waals surface area (Å²) in [5, 5.41) is 2.17. The van der Waals surface area contributed by atoms with Crippen molar-refractivity contribution in [1.82, 2.24) is 24.8 Å². The van der Waals surface area contributed by atoms with E-state index in [0.717, 1.165) is 11.1 Å². The third-order valence-electron chi connectivity index (χ3n) is 12.3. The average Bonchev–Trinajstić information content (AvgIpc) is 3.52. The van der Waals surface area contributed by atoms with Crippen LogP contribution in [0.5, 0.6) is 23.3 Å². The first kappa shape index (κ1) is 50.7. The molecule has 0 radical (unpaired) electrons. The van der Waals surface area contributed by atoms with Crippen LogP contribution in [0.3, 0.4) is 0 Å². The molecule has 2 aliphatic heterocycles. The molecule has 3 aromatic heterocycles. The van der Waals surface area contributed by atoms with E-state index in [1.165, 1.54) is 19.2 Å². The molecular weight excluding hydrogens is 951 g/mol. The minimum absolute atomic E-state index is 0.0534. The maximum Gasteiger partial charge on any atom is 0.418 e. The summed E-state index contributed by atoms with van der Waals surface area (Å²) in [6.45, 7) is 8.63. The number of likely N-dealkylation sites (N-methyl/N-ethyl adjacent to an activating group) is 1. The van der Waals surface area contributed by atoms with Crippen LogP contribution in [0.25, 0.3) is 22.2 Å². The van der Waals surface area contributed by atoms with Crippen LogP contribution >= 0.6 is 11.6 Å². The van der Waals surface area contributed by atoms with E-state index in [2.05, 4.69) is 20.3 Å². The number of anilines is 3. The molecule has 20 heteroatoms. The molecule has 1 fully saturated rings. The molecule has 2 aliphatic rings. The number of nitrogens with zero attached hydrogens (tertiary/aromatic N) is 7. The molecule has 0 aliphatic carbocycles. The highest BCUT2D eigenvalue weighted by Crippen LogP contribution is 2.51. The van der Waals surface area contributed by atoms with Gasteiger partial charge in [0, 0.05) is 37.4 Å².